The highest BCUT2D eigenvalue weighted by Gasteiger charge is 2.48. The summed E-state index contributed by atoms with van der Waals surface area (Å²) in [6, 6.07) is 19.3. The van der Waals surface area contributed by atoms with Gasteiger partial charge in [-0.15, -0.1) is 0 Å². The summed E-state index contributed by atoms with van der Waals surface area (Å²) in [6.45, 7) is 0.993. The maximum absolute atomic E-state index is 11.2. The fourth-order valence-electron chi connectivity index (χ4n) is 4.36. The second kappa shape index (κ2) is 8.95. The average molecular weight is 418 g/mol. The molecule has 0 aromatic heterocycles. The SMILES string of the molecule is O=C(O)C(=O)O.OC1(c2ccc(Cl)cc2)CC2CCC(C1)N2Cc1ccccc1. The molecule has 2 saturated heterocycles. The van der Waals surface area contributed by atoms with Crippen molar-refractivity contribution < 1.29 is 24.9 Å². The standard InChI is InChI=1S/C20H22ClNO.C2H2O4/c21-17-8-6-16(7-9-17)20(23)12-18-10-11-19(13-20)22(18)14-15-4-2-1-3-5-15;3-1(4)2(5)6/h1-9,18-19,23H,10-14H2;(H,3,4)(H,5,6). The number of carbonyl (C=O) groups is 2. The normalized spacial score (nSPS) is 25.7. The van der Waals surface area contributed by atoms with E-state index in [0.717, 1.165) is 30.0 Å². The molecule has 2 bridgehead atoms. The highest BCUT2D eigenvalue weighted by atomic mass is 35.5. The van der Waals surface area contributed by atoms with Crippen LogP contribution in [0.1, 0.15) is 36.8 Å². The number of rotatable bonds is 3. The van der Waals surface area contributed by atoms with Gasteiger partial charge in [0.25, 0.3) is 0 Å². The number of piperidine rings is 1. The van der Waals surface area contributed by atoms with Crippen molar-refractivity contribution in [2.75, 3.05) is 0 Å². The molecular formula is C22H24ClNO5. The summed E-state index contributed by atoms with van der Waals surface area (Å²) in [5.74, 6) is -3.65. The molecule has 2 atom stereocenters. The fraction of sp³-hybridized carbons (Fsp3) is 0.364. The van der Waals surface area contributed by atoms with Crippen molar-refractivity contribution >= 4 is 23.5 Å². The lowest BCUT2D eigenvalue weighted by molar-refractivity contribution is -0.159. The average Bonchev–Trinajstić information content (AvgIpc) is 2.93. The smallest absolute Gasteiger partial charge is 0.414 e. The number of carboxylic acids is 2. The number of benzene rings is 2. The number of hydrogen-bond acceptors (Lipinski definition) is 4. The molecule has 0 radical (unpaired) electrons. The van der Waals surface area contributed by atoms with Crippen molar-refractivity contribution in [1.29, 1.82) is 0 Å². The van der Waals surface area contributed by atoms with Crippen molar-refractivity contribution in [2.45, 2.75) is 49.9 Å². The Labute approximate surface area is 174 Å². The van der Waals surface area contributed by atoms with Crippen LogP contribution in [0.3, 0.4) is 0 Å². The first-order valence-electron chi connectivity index (χ1n) is 9.53. The molecule has 2 unspecified atom stereocenters. The van der Waals surface area contributed by atoms with Gasteiger partial charge >= 0.3 is 11.9 Å². The highest BCUT2D eigenvalue weighted by molar-refractivity contribution is 6.30. The summed E-state index contributed by atoms with van der Waals surface area (Å²) < 4.78 is 0. The maximum Gasteiger partial charge on any atom is 0.414 e. The van der Waals surface area contributed by atoms with E-state index in [0.29, 0.717) is 12.1 Å². The summed E-state index contributed by atoms with van der Waals surface area (Å²) in [5, 5.41) is 26.7. The molecule has 7 heteroatoms. The van der Waals surface area contributed by atoms with Crippen LogP contribution in [-0.2, 0) is 21.7 Å². The van der Waals surface area contributed by atoms with Gasteiger partial charge in [-0.05, 0) is 48.9 Å². The zero-order valence-electron chi connectivity index (χ0n) is 15.9. The van der Waals surface area contributed by atoms with Crippen LogP contribution in [0.2, 0.25) is 5.02 Å². The number of carboxylic acid groups (broad SMARTS) is 2. The van der Waals surface area contributed by atoms with Crippen molar-refractivity contribution in [3.8, 4) is 0 Å². The minimum atomic E-state index is -1.82. The first-order valence-corrected chi connectivity index (χ1v) is 9.90. The number of hydrogen-bond donors (Lipinski definition) is 3. The fourth-order valence-corrected chi connectivity index (χ4v) is 4.49. The zero-order valence-corrected chi connectivity index (χ0v) is 16.6. The summed E-state index contributed by atoms with van der Waals surface area (Å²) in [4.78, 5) is 20.8. The molecule has 0 spiro atoms. The monoisotopic (exact) mass is 417 g/mol. The van der Waals surface area contributed by atoms with Crippen LogP contribution in [-0.4, -0.2) is 44.2 Å². The minimum Gasteiger partial charge on any atom is -0.473 e. The third-order valence-electron chi connectivity index (χ3n) is 5.69. The van der Waals surface area contributed by atoms with Gasteiger partial charge in [-0.3, -0.25) is 4.90 Å². The van der Waals surface area contributed by atoms with Crippen LogP contribution in [0.4, 0.5) is 0 Å². The predicted molar refractivity (Wildman–Crippen MR) is 109 cm³/mol. The molecule has 2 aliphatic rings. The van der Waals surface area contributed by atoms with Crippen LogP contribution in [0.5, 0.6) is 0 Å². The lowest BCUT2D eigenvalue weighted by Crippen LogP contribution is -2.49. The number of aliphatic hydroxyl groups is 1. The van der Waals surface area contributed by atoms with Gasteiger partial charge in [0.2, 0.25) is 0 Å². The Kier molecular flexibility index (Phi) is 6.57. The van der Waals surface area contributed by atoms with E-state index in [-0.39, 0.29) is 0 Å². The Morgan fingerprint density at radius 3 is 1.93 bits per heavy atom. The van der Waals surface area contributed by atoms with Gasteiger partial charge in [-0.1, -0.05) is 54.1 Å². The molecule has 29 heavy (non-hydrogen) atoms. The van der Waals surface area contributed by atoms with E-state index < -0.39 is 17.5 Å². The molecule has 2 heterocycles. The molecule has 2 aromatic rings. The molecule has 2 fully saturated rings. The summed E-state index contributed by atoms with van der Waals surface area (Å²) in [7, 11) is 0. The van der Waals surface area contributed by atoms with Gasteiger partial charge in [0.15, 0.2) is 0 Å². The highest BCUT2D eigenvalue weighted by Crippen LogP contribution is 2.46. The largest absolute Gasteiger partial charge is 0.473 e. The Morgan fingerprint density at radius 1 is 0.931 bits per heavy atom. The molecule has 2 aliphatic heterocycles. The molecule has 6 nitrogen and oxygen atoms in total. The van der Waals surface area contributed by atoms with Gasteiger partial charge in [-0.25, -0.2) is 9.59 Å². The summed E-state index contributed by atoms with van der Waals surface area (Å²) in [5.41, 5.74) is 1.67. The van der Waals surface area contributed by atoms with Crippen LogP contribution >= 0.6 is 11.6 Å². The van der Waals surface area contributed by atoms with Gasteiger partial charge in [-0.2, -0.15) is 0 Å². The van der Waals surface area contributed by atoms with Gasteiger partial charge in [0.05, 0.1) is 5.60 Å². The van der Waals surface area contributed by atoms with E-state index in [1.54, 1.807) is 0 Å². The lowest BCUT2D eigenvalue weighted by atomic mass is 9.80. The number of aliphatic carboxylic acids is 2. The van der Waals surface area contributed by atoms with Gasteiger partial charge in [0.1, 0.15) is 0 Å². The minimum absolute atomic E-state index is 0.467. The molecule has 0 aliphatic carbocycles. The molecule has 154 valence electrons. The number of halogens is 1. The predicted octanol–water partition coefficient (Wildman–Crippen LogP) is 3.51. The second-order valence-corrected chi connectivity index (χ2v) is 8.04. The van der Waals surface area contributed by atoms with Crippen molar-refractivity contribution in [3.05, 3.63) is 70.7 Å². The van der Waals surface area contributed by atoms with Crippen LogP contribution in [0.25, 0.3) is 0 Å². The zero-order chi connectivity index (χ0) is 21.0. The van der Waals surface area contributed by atoms with E-state index >= 15 is 0 Å². The topological polar surface area (TPSA) is 98.1 Å². The molecular weight excluding hydrogens is 394 g/mol. The third-order valence-corrected chi connectivity index (χ3v) is 5.94. The summed E-state index contributed by atoms with van der Waals surface area (Å²) in [6.07, 6.45) is 4.01. The first-order chi connectivity index (χ1) is 13.8. The van der Waals surface area contributed by atoms with Crippen LogP contribution in [0, 0.1) is 0 Å². The quantitative estimate of drug-likeness (QED) is 0.661. The van der Waals surface area contributed by atoms with E-state index in [4.69, 9.17) is 31.4 Å². The second-order valence-electron chi connectivity index (χ2n) is 7.60. The van der Waals surface area contributed by atoms with E-state index in [1.807, 2.05) is 24.3 Å². The lowest BCUT2D eigenvalue weighted by Gasteiger charge is -2.44. The van der Waals surface area contributed by atoms with Gasteiger partial charge in [0, 0.05) is 23.7 Å². The van der Waals surface area contributed by atoms with Crippen molar-refractivity contribution in [3.63, 3.8) is 0 Å². The molecule has 3 N–H and O–H groups in total. The number of fused-ring (bicyclic) bond motifs is 2. The van der Waals surface area contributed by atoms with E-state index in [1.165, 1.54) is 18.4 Å². The maximum atomic E-state index is 11.2. The molecule has 0 amide bonds. The Hall–Kier alpha value is -2.41. The number of nitrogens with zero attached hydrogens (tertiary/aromatic N) is 1. The Bertz CT molecular complexity index is 829. The molecule has 4 rings (SSSR count). The van der Waals surface area contributed by atoms with E-state index in [9.17, 15) is 5.11 Å². The van der Waals surface area contributed by atoms with Crippen molar-refractivity contribution in [1.82, 2.24) is 4.90 Å². The van der Waals surface area contributed by atoms with Gasteiger partial charge < -0.3 is 15.3 Å². The Balaban J connectivity index is 0.000000353. The van der Waals surface area contributed by atoms with Crippen molar-refractivity contribution in [2.24, 2.45) is 0 Å². The third kappa shape index (κ3) is 5.15. The van der Waals surface area contributed by atoms with Crippen LogP contribution < -0.4 is 0 Å². The molecule has 0 saturated carbocycles. The van der Waals surface area contributed by atoms with Crippen LogP contribution in [0.15, 0.2) is 54.6 Å². The Morgan fingerprint density at radius 2 is 1.45 bits per heavy atom. The summed E-state index contributed by atoms with van der Waals surface area (Å²) >= 11 is 5.99. The van der Waals surface area contributed by atoms with E-state index in [2.05, 4.69) is 35.2 Å². The molecule has 2 aromatic carbocycles. The first kappa shape index (κ1) is 21.3.